The van der Waals surface area contributed by atoms with Crippen molar-refractivity contribution in [3.63, 3.8) is 0 Å². The molecule has 0 atom stereocenters. The minimum Gasteiger partial charge on any atom is -0.396 e. The molecule has 0 unspecified atom stereocenters. The molecule has 1 aliphatic carbocycles. The number of halogens is 1. The Hall–Kier alpha value is -2.36. The first kappa shape index (κ1) is 17.1. The van der Waals surface area contributed by atoms with E-state index < -0.39 is 0 Å². The van der Waals surface area contributed by atoms with Gasteiger partial charge in [0.15, 0.2) is 0 Å². The summed E-state index contributed by atoms with van der Waals surface area (Å²) in [4.78, 5) is 4.88. The average Bonchev–Trinajstić information content (AvgIpc) is 3.12. The fourth-order valence-electron chi connectivity index (χ4n) is 3.49. The van der Waals surface area contributed by atoms with Crippen LogP contribution in [0.3, 0.4) is 0 Å². The summed E-state index contributed by atoms with van der Waals surface area (Å²) in [6.07, 6.45) is 3.91. The molecular formula is C22H21ClN2O. The number of aryl methyl sites for hydroxylation is 1. The van der Waals surface area contributed by atoms with Crippen LogP contribution in [0.15, 0.2) is 54.6 Å². The Morgan fingerprint density at radius 3 is 2.65 bits per heavy atom. The van der Waals surface area contributed by atoms with E-state index in [1.807, 2.05) is 24.3 Å². The third kappa shape index (κ3) is 3.59. The summed E-state index contributed by atoms with van der Waals surface area (Å²) in [6.45, 7) is 0.174. The molecule has 132 valence electrons. The predicted molar refractivity (Wildman–Crippen MR) is 107 cm³/mol. The molecule has 0 saturated heterocycles. The number of aliphatic hydroxyl groups excluding tert-OH is 1. The van der Waals surface area contributed by atoms with Crippen molar-refractivity contribution in [2.24, 2.45) is 0 Å². The van der Waals surface area contributed by atoms with E-state index in [4.69, 9.17) is 21.7 Å². The van der Waals surface area contributed by atoms with Gasteiger partial charge in [0, 0.05) is 34.3 Å². The van der Waals surface area contributed by atoms with Crippen molar-refractivity contribution in [2.45, 2.75) is 25.7 Å². The van der Waals surface area contributed by atoms with Gasteiger partial charge in [0.1, 0.15) is 0 Å². The van der Waals surface area contributed by atoms with Crippen molar-refractivity contribution >= 4 is 23.0 Å². The molecule has 1 aliphatic rings. The molecule has 0 bridgehead atoms. The molecular weight excluding hydrogens is 344 g/mol. The van der Waals surface area contributed by atoms with Crippen LogP contribution in [0.1, 0.15) is 23.2 Å². The second-order valence-corrected chi connectivity index (χ2v) is 7.08. The van der Waals surface area contributed by atoms with Crippen LogP contribution in [-0.2, 0) is 19.3 Å². The Bertz CT molecular complexity index is 922. The Balaban J connectivity index is 1.69. The lowest BCUT2D eigenvalue weighted by Crippen LogP contribution is -2.00. The van der Waals surface area contributed by atoms with Gasteiger partial charge in [-0.3, -0.25) is 4.98 Å². The highest BCUT2D eigenvalue weighted by Crippen LogP contribution is 2.34. The number of aromatic nitrogens is 1. The number of anilines is 2. The largest absolute Gasteiger partial charge is 0.396 e. The van der Waals surface area contributed by atoms with Crippen molar-refractivity contribution in [3.8, 4) is 11.3 Å². The maximum absolute atomic E-state index is 9.06. The van der Waals surface area contributed by atoms with E-state index in [1.54, 1.807) is 0 Å². The van der Waals surface area contributed by atoms with Gasteiger partial charge in [-0.05, 0) is 67.1 Å². The molecule has 2 N–H and O–H groups in total. The lowest BCUT2D eigenvalue weighted by molar-refractivity contribution is 0.299. The molecule has 0 fully saturated rings. The molecule has 2 aromatic carbocycles. The van der Waals surface area contributed by atoms with Crippen molar-refractivity contribution in [3.05, 3.63) is 76.4 Å². The smallest absolute Gasteiger partial charge is 0.0726 e. The number of rotatable bonds is 5. The van der Waals surface area contributed by atoms with Crippen molar-refractivity contribution in [2.75, 3.05) is 11.9 Å². The Kier molecular flexibility index (Phi) is 4.91. The molecule has 3 aromatic rings. The maximum Gasteiger partial charge on any atom is 0.0726 e. The lowest BCUT2D eigenvalue weighted by atomic mass is 10.1. The fraction of sp³-hybridized carbons (Fsp3) is 0.227. The van der Waals surface area contributed by atoms with Crippen LogP contribution < -0.4 is 5.32 Å². The Labute approximate surface area is 158 Å². The third-order valence-electron chi connectivity index (χ3n) is 4.80. The van der Waals surface area contributed by atoms with Crippen molar-refractivity contribution in [1.29, 1.82) is 0 Å². The molecule has 3 nitrogen and oxygen atoms in total. The number of benzene rings is 2. The second kappa shape index (κ2) is 7.48. The van der Waals surface area contributed by atoms with Gasteiger partial charge in [-0.1, -0.05) is 35.9 Å². The number of pyridine rings is 1. The SMILES string of the molecule is OCCc1ccc(Nc2cc(-c3cccc(Cl)c3)nc3c2CCC3)cc1. The molecule has 0 spiro atoms. The highest BCUT2D eigenvalue weighted by atomic mass is 35.5. The standard InChI is InChI=1S/C22H21ClN2O/c23-17-4-1-3-16(13-17)21-14-22(19-5-2-6-20(19)25-21)24-18-9-7-15(8-10-18)11-12-26/h1,3-4,7-10,13-14,26H,2,5-6,11-12H2,(H,24,25). The zero-order valence-corrected chi connectivity index (χ0v) is 15.3. The first-order chi connectivity index (χ1) is 12.7. The summed E-state index contributed by atoms with van der Waals surface area (Å²) >= 11 is 6.16. The molecule has 0 radical (unpaired) electrons. The minimum atomic E-state index is 0.174. The fourth-order valence-corrected chi connectivity index (χ4v) is 3.68. The highest BCUT2D eigenvalue weighted by Gasteiger charge is 2.18. The Morgan fingerprint density at radius 2 is 1.88 bits per heavy atom. The summed E-state index contributed by atoms with van der Waals surface area (Å²) in [5, 5.41) is 13.3. The number of fused-ring (bicyclic) bond motifs is 1. The van der Waals surface area contributed by atoms with E-state index >= 15 is 0 Å². The molecule has 1 aromatic heterocycles. The van der Waals surface area contributed by atoms with Gasteiger partial charge >= 0.3 is 0 Å². The zero-order chi connectivity index (χ0) is 17.9. The summed E-state index contributed by atoms with van der Waals surface area (Å²) in [7, 11) is 0. The first-order valence-corrected chi connectivity index (χ1v) is 9.36. The quantitative estimate of drug-likeness (QED) is 0.656. The third-order valence-corrected chi connectivity index (χ3v) is 5.04. The Morgan fingerprint density at radius 1 is 1.04 bits per heavy atom. The summed E-state index contributed by atoms with van der Waals surface area (Å²) in [5.41, 5.74) is 7.79. The van der Waals surface area contributed by atoms with Crippen LogP contribution in [0.5, 0.6) is 0 Å². The molecule has 0 saturated carbocycles. The van der Waals surface area contributed by atoms with Gasteiger partial charge < -0.3 is 10.4 Å². The summed E-state index contributed by atoms with van der Waals surface area (Å²) in [5.74, 6) is 0. The van der Waals surface area contributed by atoms with Crippen LogP contribution in [0, 0.1) is 0 Å². The van der Waals surface area contributed by atoms with Gasteiger partial charge in [-0.15, -0.1) is 0 Å². The number of nitrogens with zero attached hydrogens (tertiary/aromatic N) is 1. The van der Waals surface area contributed by atoms with Crippen LogP contribution in [0.4, 0.5) is 11.4 Å². The molecule has 1 heterocycles. The maximum atomic E-state index is 9.06. The number of nitrogens with one attached hydrogen (secondary N) is 1. The van der Waals surface area contributed by atoms with Crippen LogP contribution >= 0.6 is 11.6 Å². The summed E-state index contributed by atoms with van der Waals surface area (Å²) in [6, 6.07) is 18.2. The normalized spacial score (nSPS) is 12.8. The van der Waals surface area contributed by atoms with Crippen LogP contribution in [0.2, 0.25) is 5.02 Å². The van der Waals surface area contributed by atoms with E-state index in [9.17, 15) is 0 Å². The van der Waals surface area contributed by atoms with Crippen molar-refractivity contribution < 1.29 is 5.11 Å². The monoisotopic (exact) mass is 364 g/mol. The van der Waals surface area contributed by atoms with E-state index in [-0.39, 0.29) is 6.61 Å². The lowest BCUT2D eigenvalue weighted by Gasteiger charge is -2.14. The molecule has 4 heteroatoms. The van der Waals surface area contributed by atoms with E-state index in [0.29, 0.717) is 6.42 Å². The summed E-state index contributed by atoms with van der Waals surface area (Å²) < 4.78 is 0. The van der Waals surface area contributed by atoms with E-state index in [0.717, 1.165) is 52.5 Å². The highest BCUT2D eigenvalue weighted by molar-refractivity contribution is 6.30. The minimum absolute atomic E-state index is 0.174. The topological polar surface area (TPSA) is 45.1 Å². The van der Waals surface area contributed by atoms with Gasteiger partial charge in [-0.25, -0.2) is 0 Å². The molecule has 4 rings (SSSR count). The number of aliphatic hydroxyl groups is 1. The van der Waals surface area contributed by atoms with Gasteiger partial charge in [-0.2, -0.15) is 0 Å². The van der Waals surface area contributed by atoms with E-state index in [2.05, 4.69) is 35.6 Å². The van der Waals surface area contributed by atoms with Gasteiger partial charge in [0.05, 0.1) is 5.69 Å². The number of hydrogen-bond donors (Lipinski definition) is 2. The zero-order valence-electron chi connectivity index (χ0n) is 14.5. The molecule has 0 amide bonds. The first-order valence-electron chi connectivity index (χ1n) is 8.98. The number of hydrogen-bond acceptors (Lipinski definition) is 3. The second-order valence-electron chi connectivity index (χ2n) is 6.64. The van der Waals surface area contributed by atoms with Crippen LogP contribution in [-0.4, -0.2) is 16.7 Å². The predicted octanol–water partition coefficient (Wildman–Crippen LogP) is 5.17. The molecule has 26 heavy (non-hydrogen) atoms. The van der Waals surface area contributed by atoms with Gasteiger partial charge in [0.2, 0.25) is 0 Å². The van der Waals surface area contributed by atoms with Crippen molar-refractivity contribution in [1.82, 2.24) is 4.98 Å². The molecule has 0 aliphatic heterocycles. The van der Waals surface area contributed by atoms with Crippen LogP contribution in [0.25, 0.3) is 11.3 Å². The van der Waals surface area contributed by atoms with E-state index in [1.165, 1.54) is 11.3 Å². The van der Waals surface area contributed by atoms with Gasteiger partial charge in [0.25, 0.3) is 0 Å². The average molecular weight is 365 g/mol.